The van der Waals surface area contributed by atoms with Crippen molar-refractivity contribution in [2.24, 2.45) is 0 Å². The standard InChI is InChI=1S/C9H9O2S/c1-6-3-4-8(12)7(5-6)9(10)11-2/h3-5H,1-2H3. The van der Waals surface area contributed by atoms with Crippen molar-refractivity contribution < 1.29 is 9.53 Å². The summed E-state index contributed by atoms with van der Waals surface area (Å²) in [5, 5.41) is 0. The van der Waals surface area contributed by atoms with Gasteiger partial charge in [-0.1, -0.05) is 24.3 Å². The van der Waals surface area contributed by atoms with Crippen LogP contribution in [0.15, 0.2) is 23.1 Å². The molecule has 0 fully saturated rings. The van der Waals surface area contributed by atoms with E-state index in [1.54, 1.807) is 12.1 Å². The fourth-order valence-electron chi connectivity index (χ4n) is 0.913. The summed E-state index contributed by atoms with van der Waals surface area (Å²) in [4.78, 5) is 11.6. The first-order valence-corrected chi connectivity index (χ1v) is 3.92. The largest absolute Gasteiger partial charge is 0.465 e. The minimum Gasteiger partial charge on any atom is -0.465 e. The Bertz CT molecular complexity index is 307. The van der Waals surface area contributed by atoms with E-state index in [1.165, 1.54) is 7.11 Å². The lowest BCUT2D eigenvalue weighted by molar-refractivity contribution is 0.0597. The van der Waals surface area contributed by atoms with E-state index in [-0.39, 0.29) is 5.97 Å². The SMILES string of the molecule is COC(=O)c1cc(C)ccc1[S]. The van der Waals surface area contributed by atoms with Crippen LogP contribution < -0.4 is 0 Å². The summed E-state index contributed by atoms with van der Waals surface area (Å²) in [5.74, 6) is -0.372. The topological polar surface area (TPSA) is 26.3 Å². The molecule has 0 amide bonds. The molecule has 0 aliphatic rings. The van der Waals surface area contributed by atoms with Crippen molar-refractivity contribution in [1.82, 2.24) is 0 Å². The Morgan fingerprint density at radius 1 is 1.50 bits per heavy atom. The zero-order valence-corrected chi connectivity index (χ0v) is 7.77. The predicted molar refractivity (Wildman–Crippen MR) is 48.4 cm³/mol. The molecule has 0 aliphatic carbocycles. The van der Waals surface area contributed by atoms with Crippen LogP contribution >= 0.6 is 12.6 Å². The molecule has 1 rings (SSSR count). The first-order valence-electron chi connectivity index (χ1n) is 3.51. The van der Waals surface area contributed by atoms with Crippen LogP contribution in [0.4, 0.5) is 0 Å². The quantitative estimate of drug-likeness (QED) is 0.621. The monoisotopic (exact) mass is 181 g/mol. The summed E-state index contributed by atoms with van der Waals surface area (Å²) in [6.45, 7) is 1.90. The van der Waals surface area contributed by atoms with E-state index in [0.29, 0.717) is 10.5 Å². The smallest absolute Gasteiger partial charge is 0.339 e. The Kier molecular flexibility index (Phi) is 2.65. The molecular weight excluding hydrogens is 172 g/mol. The number of ether oxygens (including phenoxy) is 1. The fraction of sp³-hybridized carbons (Fsp3) is 0.222. The maximum atomic E-state index is 11.1. The molecule has 0 aliphatic heterocycles. The summed E-state index contributed by atoms with van der Waals surface area (Å²) in [7, 11) is 1.35. The van der Waals surface area contributed by atoms with Crippen LogP contribution in [0.3, 0.4) is 0 Å². The number of hydrogen-bond donors (Lipinski definition) is 0. The molecule has 0 saturated carbocycles. The molecule has 0 spiro atoms. The molecule has 2 nitrogen and oxygen atoms in total. The summed E-state index contributed by atoms with van der Waals surface area (Å²) in [6, 6.07) is 5.33. The minimum atomic E-state index is -0.372. The van der Waals surface area contributed by atoms with Crippen molar-refractivity contribution in [3.8, 4) is 0 Å². The van der Waals surface area contributed by atoms with Gasteiger partial charge in [-0.25, -0.2) is 4.79 Å². The van der Waals surface area contributed by atoms with Crippen molar-refractivity contribution in [2.45, 2.75) is 11.8 Å². The van der Waals surface area contributed by atoms with E-state index < -0.39 is 0 Å². The fourth-order valence-corrected chi connectivity index (χ4v) is 1.12. The molecule has 12 heavy (non-hydrogen) atoms. The Hall–Kier alpha value is -1.09. The highest BCUT2D eigenvalue weighted by atomic mass is 32.1. The van der Waals surface area contributed by atoms with E-state index in [1.807, 2.05) is 13.0 Å². The van der Waals surface area contributed by atoms with Gasteiger partial charge in [0.05, 0.1) is 17.6 Å². The third kappa shape index (κ3) is 1.74. The van der Waals surface area contributed by atoms with Crippen molar-refractivity contribution in [1.29, 1.82) is 0 Å². The van der Waals surface area contributed by atoms with E-state index in [4.69, 9.17) is 12.6 Å². The number of hydrogen-bond acceptors (Lipinski definition) is 2. The number of rotatable bonds is 1. The molecule has 0 saturated heterocycles. The van der Waals surface area contributed by atoms with Crippen molar-refractivity contribution >= 4 is 18.6 Å². The average molecular weight is 181 g/mol. The van der Waals surface area contributed by atoms with Crippen LogP contribution in [0.25, 0.3) is 0 Å². The highest BCUT2D eigenvalue weighted by Gasteiger charge is 2.09. The van der Waals surface area contributed by atoms with Crippen LogP contribution in [-0.4, -0.2) is 13.1 Å². The predicted octanol–water partition coefficient (Wildman–Crippen LogP) is 2.34. The summed E-state index contributed by atoms with van der Waals surface area (Å²) >= 11 is 4.95. The Balaban J connectivity index is 3.13. The van der Waals surface area contributed by atoms with Gasteiger partial charge in [-0.2, -0.15) is 0 Å². The van der Waals surface area contributed by atoms with Crippen molar-refractivity contribution in [3.05, 3.63) is 29.3 Å². The molecule has 63 valence electrons. The van der Waals surface area contributed by atoms with Crippen LogP contribution in [-0.2, 0) is 4.74 Å². The van der Waals surface area contributed by atoms with Crippen LogP contribution in [0, 0.1) is 6.92 Å². The van der Waals surface area contributed by atoms with Gasteiger partial charge in [0.25, 0.3) is 0 Å². The van der Waals surface area contributed by atoms with Gasteiger partial charge >= 0.3 is 5.97 Å². The Labute approximate surface area is 77.0 Å². The van der Waals surface area contributed by atoms with Crippen LogP contribution in [0.5, 0.6) is 0 Å². The van der Waals surface area contributed by atoms with Gasteiger partial charge in [-0.15, -0.1) is 0 Å². The lowest BCUT2D eigenvalue weighted by Crippen LogP contribution is -2.02. The molecule has 0 heterocycles. The maximum Gasteiger partial charge on any atom is 0.339 e. The first kappa shape index (κ1) is 9.00. The highest BCUT2D eigenvalue weighted by Crippen LogP contribution is 2.15. The Morgan fingerprint density at radius 2 is 2.17 bits per heavy atom. The molecule has 0 unspecified atom stereocenters. The summed E-state index contributed by atoms with van der Waals surface area (Å²) in [6.07, 6.45) is 0. The van der Waals surface area contributed by atoms with E-state index >= 15 is 0 Å². The van der Waals surface area contributed by atoms with Crippen LogP contribution in [0.2, 0.25) is 0 Å². The molecule has 1 aromatic carbocycles. The molecular formula is C9H9O2S. The molecule has 3 heteroatoms. The third-order valence-corrected chi connectivity index (χ3v) is 1.90. The lowest BCUT2D eigenvalue weighted by atomic mass is 10.1. The number of aryl methyl sites for hydroxylation is 1. The van der Waals surface area contributed by atoms with Gasteiger partial charge in [0.2, 0.25) is 0 Å². The van der Waals surface area contributed by atoms with Crippen molar-refractivity contribution in [3.63, 3.8) is 0 Å². The number of carbonyl (C=O) groups is 1. The van der Waals surface area contributed by atoms with Gasteiger partial charge in [-0.3, -0.25) is 0 Å². The third-order valence-electron chi connectivity index (χ3n) is 1.54. The second-order valence-electron chi connectivity index (χ2n) is 2.49. The van der Waals surface area contributed by atoms with Gasteiger partial charge in [0.1, 0.15) is 0 Å². The van der Waals surface area contributed by atoms with Gasteiger partial charge in [-0.05, 0) is 19.1 Å². The lowest BCUT2D eigenvalue weighted by Gasteiger charge is -2.02. The summed E-state index contributed by atoms with van der Waals surface area (Å²) in [5.41, 5.74) is 1.47. The maximum absolute atomic E-state index is 11.1. The molecule has 1 radical (unpaired) electrons. The number of benzene rings is 1. The second kappa shape index (κ2) is 3.54. The second-order valence-corrected chi connectivity index (χ2v) is 2.93. The number of methoxy groups -OCH3 is 1. The molecule has 1 aromatic rings. The average Bonchev–Trinajstić information content (AvgIpc) is 2.08. The molecule has 0 bridgehead atoms. The van der Waals surface area contributed by atoms with Gasteiger partial charge < -0.3 is 4.74 Å². The number of carbonyl (C=O) groups excluding carboxylic acids is 1. The van der Waals surface area contributed by atoms with Crippen LogP contribution in [0.1, 0.15) is 15.9 Å². The van der Waals surface area contributed by atoms with Crippen molar-refractivity contribution in [2.75, 3.05) is 7.11 Å². The van der Waals surface area contributed by atoms with E-state index in [0.717, 1.165) is 5.56 Å². The molecule has 0 atom stereocenters. The zero-order chi connectivity index (χ0) is 9.14. The van der Waals surface area contributed by atoms with Gasteiger partial charge in [0, 0.05) is 0 Å². The number of esters is 1. The highest BCUT2D eigenvalue weighted by molar-refractivity contribution is 7.80. The van der Waals surface area contributed by atoms with E-state index in [9.17, 15) is 4.79 Å². The summed E-state index contributed by atoms with van der Waals surface area (Å²) < 4.78 is 4.57. The van der Waals surface area contributed by atoms with Gasteiger partial charge in [0.15, 0.2) is 0 Å². The normalized spacial score (nSPS) is 9.50. The van der Waals surface area contributed by atoms with E-state index in [2.05, 4.69) is 4.74 Å². The Morgan fingerprint density at radius 3 is 2.75 bits per heavy atom. The first-order chi connectivity index (χ1) is 5.65. The molecule has 0 N–H and O–H groups in total. The minimum absolute atomic E-state index is 0.372. The zero-order valence-electron chi connectivity index (χ0n) is 6.96. The molecule has 0 aromatic heterocycles.